The first kappa shape index (κ1) is 17.2. The third-order valence-corrected chi connectivity index (χ3v) is 4.63. The van der Waals surface area contributed by atoms with Crippen LogP contribution in [0.15, 0.2) is 78.9 Å². The number of aromatic nitrogens is 2. The fourth-order valence-corrected chi connectivity index (χ4v) is 3.27. The van der Waals surface area contributed by atoms with Crippen LogP contribution in [0.2, 0.25) is 0 Å². The average Bonchev–Trinajstić information content (AvgIpc) is 2.68. The molecule has 4 rings (SSSR count). The lowest BCUT2D eigenvalue weighted by Gasteiger charge is -2.10. The van der Waals surface area contributed by atoms with E-state index < -0.39 is 0 Å². The fourth-order valence-electron chi connectivity index (χ4n) is 3.27. The molecule has 0 fully saturated rings. The molecule has 0 aliphatic heterocycles. The Labute approximate surface area is 160 Å². The van der Waals surface area contributed by atoms with Crippen molar-refractivity contribution in [3.8, 4) is 33.9 Å². The van der Waals surface area contributed by atoms with Crippen LogP contribution in [0.4, 0.5) is 0 Å². The molecule has 4 aromatic rings. The molecule has 27 heavy (non-hydrogen) atoms. The molecule has 0 bridgehead atoms. The molecule has 0 N–H and O–H groups in total. The molecular formula is C25H22N2. The number of rotatable bonds is 3. The van der Waals surface area contributed by atoms with Crippen LogP contribution in [0.3, 0.4) is 0 Å². The van der Waals surface area contributed by atoms with Gasteiger partial charge in [-0.2, -0.15) is 0 Å². The Bertz CT molecular complexity index is 959. The van der Waals surface area contributed by atoms with E-state index in [9.17, 15) is 0 Å². The first-order chi connectivity index (χ1) is 13.1. The van der Waals surface area contributed by atoms with Crippen LogP contribution in [0.25, 0.3) is 33.9 Å². The van der Waals surface area contributed by atoms with Gasteiger partial charge in [-0.3, -0.25) is 0 Å². The summed E-state index contributed by atoms with van der Waals surface area (Å²) in [4.78, 5) is 9.79. The Hall–Kier alpha value is -3.26. The number of aryl methyl sites for hydroxylation is 3. The maximum atomic E-state index is 4.89. The lowest BCUT2D eigenvalue weighted by Crippen LogP contribution is -1.96. The highest BCUT2D eigenvalue weighted by atomic mass is 14.9. The van der Waals surface area contributed by atoms with Gasteiger partial charge in [0.2, 0.25) is 0 Å². The first-order valence-electron chi connectivity index (χ1n) is 9.19. The van der Waals surface area contributed by atoms with Crippen molar-refractivity contribution in [3.05, 3.63) is 95.6 Å². The molecule has 0 amide bonds. The molecule has 3 aromatic carbocycles. The third-order valence-electron chi connectivity index (χ3n) is 4.63. The van der Waals surface area contributed by atoms with Crippen LogP contribution < -0.4 is 0 Å². The summed E-state index contributed by atoms with van der Waals surface area (Å²) >= 11 is 0. The van der Waals surface area contributed by atoms with Crippen molar-refractivity contribution in [1.29, 1.82) is 0 Å². The Morgan fingerprint density at radius 3 is 1.33 bits per heavy atom. The minimum absolute atomic E-state index is 0.759. The van der Waals surface area contributed by atoms with E-state index in [2.05, 4.69) is 99.6 Å². The normalized spacial score (nSPS) is 10.8. The van der Waals surface area contributed by atoms with Crippen LogP contribution in [-0.4, -0.2) is 9.97 Å². The van der Waals surface area contributed by atoms with Gasteiger partial charge in [-0.15, -0.1) is 0 Å². The van der Waals surface area contributed by atoms with E-state index in [0.29, 0.717) is 0 Å². The first-order valence-corrected chi connectivity index (χ1v) is 9.19. The van der Waals surface area contributed by atoms with Crippen molar-refractivity contribution in [2.24, 2.45) is 0 Å². The van der Waals surface area contributed by atoms with Gasteiger partial charge in [-0.05, 0) is 45.0 Å². The van der Waals surface area contributed by atoms with Crippen LogP contribution in [0, 0.1) is 20.8 Å². The molecule has 2 nitrogen and oxygen atoms in total. The summed E-state index contributed by atoms with van der Waals surface area (Å²) < 4.78 is 0. The van der Waals surface area contributed by atoms with Crippen molar-refractivity contribution in [2.75, 3.05) is 0 Å². The van der Waals surface area contributed by atoms with Crippen molar-refractivity contribution >= 4 is 0 Å². The predicted molar refractivity (Wildman–Crippen MR) is 113 cm³/mol. The average molecular weight is 350 g/mol. The van der Waals surface area contributed by atoms with Gasteiger partial charge in [0.05, 0.1) is 11.4 Å². The standard InChI is InChI=1S/C25H22N2/c1-17-7-4-10-20(13-17)23-16-24(21-11-5-8-18(2)14-21)27-25(26-23)22-12-6-9-19(3)15-22/h4-16H,1-3H3. The van der Waals surface area contributed by atoms with Gasteiger partial charge in [-0.1, -0.05) is 71.3 Å². The second kappa shape index (κ2) is 7.16. The van der Waals surface area contributed by atoms with Crippen LogP contribution in [-0.2, 0) is 0 Å². The zero-order chi connectivity index (χ0) is 18.8. The highest BCUT2D eigenvalue weighted by Crippen LogP contribution is 2.28. The number of hydrogen-bond donors (Lipinski definition) is 0. The molecule has 0 spiro atoms. The number of hydrogen-bond acceptors (Lipinski definition) is 2. The zero-order valence-electron chi connectivity index (χ0n) is 15.9. The molecule has 0 atom stereocenters. The molecule has 0 saturated carbocycles. The lowest BCUT2D eigenvalue weighted by atomic mass is 10.0. The quantitative estimate of drug-likeness (QED) is 0.427. The van der Waals surface area contributed by atoms with Gasteiger partial charge < -0.3 is 0 Å². The summed E-state index contributed by atoms with van der Waals surface area (Å²) in [7, 11) is 0. The SMILES string of the molecule is Cc1cccc(-c2cc(-c3cccc(C)c3)nc(-c3cccc(C)c3)n2)c1. The van der Waals surface area contributed by atoms with E-state index in [1.807, 2.05) is 0 Å². The predicted octanol–water partition coefficient (Wildman–Crippen LogP) is 6.40. The van der Waals surface area contributed by atoms with E-state index in [0.717, 1.165) is 33.9 Å². The Morgan fingerprint density at radius 1 is 0.481 bits per heavy atom. The van der Waals surface area contributed by atoms with Crippen molar-refractivity contribution < 1.29 is 0 Å². The monoisotopic (exact) mass is 350 g/mol. The largest absolute Gasteiger partial charge is 0.228 e. The highest BCUT2D eigenvalue weighted by molar-refractivity contribution is 5.72. The van der Waals surface area contributed by atoms with Gasteiger partial charge >= 0.3 is 0 Å². The third kappa shape index (κ3) is 3.80. The van der Waals surface area contributed by atoms with E-state index in [1.165, 1.54) is 16.7 Å². The summed E-state index contributed by atoms with van der Waals surface area (Å²) in [5.74, 6) is 0.759. The molecule has 132 valence electrons. The molecule has 1 heterocycles. The number of nitrogens with zero attached hydrogens (tertiary/aromatic N) is 2. The Morgan fingerprint density at radius 2 is 0.889 bits per heavy atom. The second-order valence-corrected chi connectivity index (χ2v) is 7.07. The zero-order valence-corrected chi connectivity index (χ0v) is 15.9. The van der Waals surface area contributed by atoms with Crippen LogP contribution >= 0.6 is 0 Å². The van der Waals surface area contributed by atoms with Gasteiger partial charge in [0, 0.05) is 16.7 Å². The van der Waals surface area contributed by atoms with Gasteiger partial charge in [-0.25, -0.2) is 9.97 Å². The Balaban J connectivity index is 1.94. The van der Waals surface area contributed by atoms with E-state index >= 15 is 0 Å². The van der Waals surface area contributed by atoms with Crippen LogP contribution in [0.5, 0.6) is 0 Å². The van der Waals surface area contributed by atoms with Crippen molar-refractivity contribution in [3.63, 3.8) is 0 Å². The summed E-state index contributed by atoms with van der Waals surface area (Å²) in [6, 6.07) is 27.4. The van der Waals surface area contributed by atoms with Gasteiger partial charge in [0.15, 0.2) is 5.82 Å². The molecule has 0 unspecified atom stereocenters. The topological polar surface area (TPSA) is 25.8 Å². The second-order valence-electron chi connectivity index (χ2n) is 7.07. The lowest BCUT2D eigenvalue weighted by molar-refractivity contribution is 1.18. The summed E-state index contributed by atoms with van der Waals surface area (Å²) in [5, 5.41) is 0. The molecule has 0 aliphatic carbocycles. The van der Waals surface area contributed by atoms with E-state index in [4.69, 9.17) is 9.97 Å². The minimum Gasteiger partial charge on any atom is -0.228 e. The molecular weight excluding hydrogens is 328 g/mol. The Kier molecular flexibility index (Phi) is 4.55. The van der Waals surface area contributed by atoms with Gasteiger partial charge in [0.25, 0.3) is 0 Å². The van der Waals surface area contributed by atoms with E-state index in [-0.39, 0.29) is 0 Å². The smallest absolute Gasteiger partial charge is 0.160 e. The highest BCUT2D eigenvalue weighted by Gasteiger charge is 2.11. The minimum atomic E-state index is 0.759. The van der Waals surface area contributed by atoms with Crippen molar-refractivity contribution in [1.82, 2.24) is 9.97 Å². The molecule has 0 radical (unpaired) electrons. The van der Waals surface area contributed by atoms with Gasteiger partial charge in [0.1, 0.15) is 0 Å². The summed E-state index contributed by atoms with van der Waals surface area (Å²) in [6.45, 7) is 6.30. The maximum Gasteiger partial charge on any atom is 0.160 e. The molecule has 2 heteroatoms. The van der Waals surface area contributed by atoms with E-state index in [1.54, 1.807) is 0 Å². The molecule has 0 aliphatic rings. The molecule has 0 saturated heterocycles. The fraction of sp³-hybridized carbons (Fsp3) is 0.120. The van der Waals surface area contributed by atoms with Crippen LogP contribution in [0.1, 0.15) is 16.7 Å². The summed E-state index contributed by atoms with van der Waals surface area (Å²) in [5.41, 5.74) is 8.80. The molecule has 1 aromatic heterocycles. The number of benzene rings is 3. The maximum absolute atomic E-state index is 4.89. The van der Waals surface area contributed by atoms with Crippen molar-refractivity contribution in [2.45, 2.75) is 20.8 Å². The summed E-state index contributed by atoms with van der Waals surface area (Å²) in [6.07, 6.45) is 0.